The van der Waals surface area contributed by atoms with Crippen LogP contribution in [0.5, 0.6) is 0 Å². The molecule has 0 aliphatic carbocycles. The molecule has 174 valence electrons. The number of halogens is 1. The van der Waals surface area contributed by atoms with E-state index in [1.54, 1.807) is 24.5 Å². The lowest BCUT2D eigenvalue weighted by Gasteiger charge is -2.57. The van der Waals surface area contributed by atoms with Crippen molar-refractivity contribution < 1.29 is 9.50 Å². The lowest BCUT2D eigenvalue weighted by atomic mass is 9.74. The second-order valence-corrected chi connectivity index (χ2v) is 9.23. The summed E-state index contributed by atoms with van der Waals surface area (Å²) in [6, 6.07) is 19.8. The van der Waals surface area contributed by atoms with Crippen LogP contribution in [-0.4, -0.2) is 58.2 Å². The molecule has 0 amide bonds. The summed E-state index contributed by atoms with van der Waals surface area (Å²) >= 11 is 0. The topological polar surface area (TPSA) is 39.6 Å². The van der Waals surface area contributed by atoms with Crippen LogP contribution in [0.3, 0.4) is 0 Å². The second kappa shape index (κ2) is 10.5. The van der Waals surface area contributed by atoms with E-state index < -0.39 is 0 Å². The monoisotopic (exact) mass is 455 g/mol. The number of aliphatic hydroxyl groups is 1. The van der Waals surface area contributed by atoms with Gasteiger partial charge < -0.3 is 5.11 Å². The number of fused-ring (bicyclic) bond motifs is 1. The van der Waals surface area contributed by atoms with Gasteiger partial charge in [-0.25, -0.2) is 4.39 Å². The highest BCUT2D eigenvalue weighted by molar-refractivity contribution is 5.43. The molecule has 5 rings (SSSR count). The molecule has 3 aromatic rings. The molecular formula is C29H30FN3O. The first-order valence-corrected chi connectivity index (χ1v) is 12.1. The molecule has 34 heavy (non-hydrogen) atoms. The average molecular weight is 456 g/mol. The minimum Gasteiger partial charge on any atom is -0.395 e. The van der Waals surface area contributed by atoms with Crippen molar-refractivity contribution in [2.45, 2.75) is 37.4 Å². The Morgan fingerprint density at radius 3 is 2.50 bits per heavy atom. The summed E-state index contributed by atoms with van der Waals surface area (Å²) in [7, 11) is 0. The summed E-state index contributed by atoms with van der Waals surface area (Å²) in [4.78, 5) is 8.94. The molecule has 0 radical (unpaired) electrons. The summed E-state index contributed by atoms with van der Waals surface area (Å²) in [6.07, 6.45) is 5.69. The molecule has 0 spiro atoms. The van der Waals surface area contributed by atoms with Gasteiger partial charge in [0, 0.05) is 60.2 Å². The van der Waals surface area contributed by atoms with Gasteiger partial charge in [0.2, 0.25) is 0 Å². The van der Waals surface area contributed by atoms with Crippen molar-refractivity contribution in [3.05, 3.63) is 101 Å². The Morgan fingerprint density at radius 1 is 0.941 bits per heavy atom. The molecule has 0 saturated carbocycles. The molecule has 2 aliphatic heterocycles. The van der Waals surface area contributed by atoms with E-state index >= 15 is 0 Å². The van der Waals surface area contributed by atoms with E-state index in [1.165, 1.54) is 5.56 Å². The highest BCUT2D eigenvalue weighted by atomic mass is 19.1. The van der Waals surface area contributed by atoms with Crippen molar-refractivity contribution in [3.63, 3.8) is 0 Å². The van der Waals surface area contributed by atoms with E-state index in [0.717, 1.165) is 49.2 Å². The minimum absolute atomic E-state index is 0.130. The van der Waals surface area contributed by atoms with Crippen molar-refractivity contribution in [3.8, 4) is 11.8 Å². The number of nitrogens with zero attached hydrogens (tertiary/aromatic N) is 3. The number of aliphatic hydroxyl groups excluding tert-OH is 1. The summed E-state index contributed by atoms with van der Waals surface area (Å²) < 4.78 is 14.3. The predicted octanol–water partition coefficient (Wildman–Crippen LogP) is 4.05. The zero-order valence-corrected chi connectivity index (χ0v) is 19.3. The fraction of sp³-hybridized carbons (Fsp3) is 0.345. The van der Waals surface area contributed by atoms with E-state index in [-0.39, 0.29) is 24.4 Å². The van der Waals surface area contributed by atoms with Gasteiger partial charge >= 0.3 is 0 Å². The van der Waals surface area contributed by atoms with E-state index in [1.807, 2.05) is 24.3 Å². The fourth-order valence-electron chi connectivity index (χ4n) is 5.39. The SMILES string of the molecule is OC[C@H]1[C@H](c2ccc(C#Cc3cccnc3)cc2)[C@@H]2CN(Cc3ccccc3F)CCCCN12. The molecule has 1 aromatic heterocycles. The number of rotatable bonds is 4. The minimum atomic E-state index is -0.136. The molecule has 2 saturated heterocycles. The maximum atomic E-state index is 14.3. The molecule has 0 unspecified atom stereocenters. The molecular weight excluding hydrogens is 425 g/mol. The lowest BCUT2D eigenvalue weighted by molar-refractivity contribution is -0.0656. The van der Waals surface area contributed by atoms with E-state index in [0.29, 0.717) is 12.6 Å². The Labute approximate surface area is 201 Å². The van der Waals surface area contributed by atoms with Crippen LogP contribution in [0.4, 0.5) is 4.39 Å². The molecule has 4 nitrogen and oxygen atoms in total. The number of aromatic nitrogens is 1. The zero-order valence-electron chi connectivity index (χ0n) is 19.3. The van der Waals surface area contributed by atoms with Gasteiger partial charge in [-0.1, -0.05) is 42.2 Å². The van der Waals surface area contributed by atoms with Gasteiger partial charge in [0.15, 0.2) is 0 Å². The molecule has 3 heterocycles. The number of hydrogen-bond donors (Lipinski definition) is 1. The van der Waals surface area contributed by atoms with Gasteiger partial charge in [-0.3, -0.25) is 14.8 Å². The zero-order chi connectivity index (χ0) is 23.3. The van der Waals surface area contributed by atoms with Crippen molar-refractivity contribution in [2.24, 2.45) is 0 Å². The molecule has 3 atom stereocenters. The third-order valence-corrected chi connectivity index (χ3v) is 7.11. The second-order valence-electron chi connectivity index (χ2n) is 9.23. The fourth-order valence-corrected chi connectivity index (χ4v) is 5.39. The Hall–Kier alpha value is -3.04. The van der Waals surface area contributed by atoms with Crippen LogP contribution in [0.25, 0.3) is 0 Å². The average Bonchev–Trinajstić information content (AvgIpc) is 2.86. The van der Waals surface area contributed by atoms with Crippen LogP contribution >= 0.6 is 0 Å². The van der Waals surface area contributed by atoms with Crippen LogP contribution in [0.1, 0.15) is 41.0 Å². The predicted molar refractivity (Wildman–Crippen MR) is 132 cm³/mol. The first-order chi connectivity index (χ1) is 16.7. The van der Waals surface area contributed by atoms with Crippen molar-refractivity contribution >= 4 is 0 Å². The summed E-state index contributed by atoms with van der Waals surface area (Å²) in [5, 5.41) is 10.2. The highest BCUT2D eigenvalue weighted by Gasteiger charge is 2.49. The molecule has 1 N–H and O–H groups in total. The quantitative estimate of drug-likeness (QED) is 0.603. The Balaban J connectivity index is 1.33. The van der Waals surface area contributed by atoms with E-state index in [9.17, 15) is 9.50 Å². The van der Waals surface area contributed by atoms with E-state index in [2.05, 4.69) is 50.9 Å². The Morgan fingerprint density at radius 2 is 1.74 bits per heavy atom. The normalized spacial score (nSPS) is 23.1. The van der Waals surface area contributed by atoms with Crippen molar-refractivity contribution in [1.82, 2.24) is 14.8 Å². The van der Waals surface area contributed by atoms with Crippen LogP contribution in [0.2, 0.25) is 0 Å². The van der Waals surface area contributed by atoms with Gasteiger partial charge in [-0.2, -0.15) is 0 Å². The Bertz CT molecular complexity index is 1160. The maximum Gasteiger partial charge on any atom is 0.127 e. The van der Waals surface area contributed by atoms with Crippen molar-refractivity contribution in [1.29, 1.82) is 0 Å². The molecule has 0 bridgehead atoms. The third-order valence-electron chi connectivity index (χ3n) is 7.11. The van der Waals surface area contributed by atoms with Gasteiger partial charge in [0.1, 0.15) is 5.82 Å². The summed E-state index contributed by atoms with van der Waals surface area (Å²) in [5.74, 6) is 6.48. The van der Waals surface area contributed by atoms with Crippen LogP contribution in [0.15, 0.2) is 73.1 Å². The third kappa shape index (κ3) is 4.90. The van der Waals surface area contributed by atoms with Gasteiger partial charge in [-0.15, -0.1) is 0 Å². The number of hydrogen-bond acceptors (Lipinski definition) is 4. The molecule has 2 aromatic carbocycles. The Kier molecular flexibility index (Phi) is 7.01. The van der Waals surface area contributed by atoms with Gasteiger partial charge in [0.25, 0.3) is 0 Å². The van der Waals surface area contributed by atoms with Gasteiger partial charge in [-0.05, 0) is 61.8 Å². The molecule has 5 heteroatoms. The number of pyridine rings is 1. The van der Waals surface area contributed by atoms with E-state index in [4.69, 9.17) is 0 Å². The lowest BCUT2D eigenvalue weighted by Crippen LogP contribution is -2.67. The van der Waals surface area contributed by atoms with Crippen LogP contribution in [-0.2, 0) is 6.54 Å². The first kappa shape index (κ1) is 22.7. The maximum absolute atomic E-state index is 14.3. The van der Waals surface area contributed by atoms with Crippen LogP contribution in [0, 0.1) is 17.7 Å². The highest BCUT2D eigenvalue weighted by Crippen LogP contribution is 2.42. The standard InChI is InChI=1S/C29H30FN3O/c30-26-8-2-1-7-25(26)19-32-16-3-4-17-33-27(20-32)29(28(33)21-34)24-13-11-22(12-14-24)9-10-23-6-5-15-31-18-23/h1-2,5-8,11-15,18,27-29,34H,3-4,16-17,19-21H2/t27-,28-,29+/m0/s1. The summed E-state index contributed by atoms with van der Waals surface area (Å²) in [5.41, 5.74) is 3.84. The van der Waals surface area contributed by atoms with Crippen molar-refractivity contribution in [2.75, 3.05) is 26.2 Å². The van der Waals surface area contributed by atoms with Crippen LogP contribution < -0.4 is 0 Å². The molecule has 2 aliphatic rings. The largest absolute Gasteiger partial charge is 0.395 e. The van der Waals surface area contributed by atoms with Gasteiger partial charge in [0.05, 0.1) is 6.61 Å². The summed E-state index contributed by atoms with van der Waals surface area (Å²) in [6.45, 7) is 3.62. The smallest absolute Gasteiger partial charge is 0.127 e. The number of benzene rings is 2. The molecule has 2 fully saturated rings. The first-order valence-electron chi connectivity index (χ1n) is 12.1.